The lowest BCUT2D eigenvalue weighted by Crippen LogP contribution is -1.91. The van der Waals surface area contributed by atoms with Gasteiger partial charge in [-0.1, -0.05) is 0 Å². The lowest BCUT2D eigenvalue weighted by molar-refractivity contribution is 0.112. The predicted octanol–water partition coefficient (Wildman–Crippen LogP) is 2.07. The topological polar surface area (TPSA) is 39.9 Å². The molecule has 1 aromatic rings. The number of nitrogens with zero attached hydrogens (tertiary/aromatic N) is 1. The SMILES string of the molecule is COc1cc(C=O)cc(OC)c1[N+]#[11C-]. The molecular weight excluding hydrogens is 181 g/mol. The summed E-state index contributed by atoms with van der Waals surface area (Å²) in [5.74, 6) is 0.697. The van der Waals surface area contributed by atoms with Crippen LogP contribution in [0.2, 0.25) is 0 Å². The minimum Gasteiger partial charge on any atom is -0.508 e. The molecule has 0 atom stereocenters. The van der Waals surface area contributed by atoms with Gasteiger partial charge in [-0.25, -0.2) is 4.85 Å². The lowest BCUT2D eigenvalue weighted by Gasteiger charge is -2.08. The van der Waals surface area contributed by atoms with E-state index in [1.807, 2.05) is 0 Å². The van der Waals surface area contributed by atoms with Crippen LogP contribution in [0.25, 0.3) is 4.85 Å². The molecule has 4 heteroatoms. The van der Waals surface area contributed by atoms with Crippen molar-refractivity contribution in [3.05, 3.63) is 29.1 Å². The zero-order chi connectivity index (χ0) is 10.6. The van der Waals surface area contributed by atoms with Crippen molar-refractivity contribution in [2.24, 2.45) is 0 Å². The number of rotatable bonds is 3. The molecule has 1 aromatic carbocycles. The van der Waals surface area contributed by atoms with Gasteiger partial charge in [0.05, 0.1) is 20.8 Å². The molecule has 0 N–H and O–H groups in total. The first-order valence-corrected chi connectivity index (χ1v) is 3.85. The second-order valence-electron chi connectivity index (χ2n) is 2.50. The van der Waals surface area contributed by atoms with Crippen LogP contribution in [0.15, 0.2) is 12.1 Å². The zero-order valence-corrected chi connectivity index (χ0v) is 7.90. The molecule has 0 aromatic heterocycles. The van der Waals surface area contributed by atoms with Crippen LogP contribution in [0.4, 0.5) is 5.69 Å². The number of benzene rings is 1. The van der Waals surface area contributed by atoms with Crippen molar-refractivity contribution in [2.75, 3.05) is 14.2 Å². The average Bonchev–Trinajstić information content (AvgIpc) is 2.26. The monoisotopic (exact) mass is 190 g/mol. The summed E-state index contributed by atoms with van der Waals surface area (Å²) in [4.78, 5) is 13.8. The lowest BCUT2D eigenvalue weighted by atomic mass is 10.2. The number of carbonyl (C=O) groups is 1. The van der Waals surface area contributed by atoms with Crippen molar-refractivity contribution in [3.8, 4) is 11.5 Å². The number of hydrogen-bond donors (Lipinski definition) is 0. The Morgan fingerprint density at radius 1 is 1.29 bits per heavy atom. The third-order valence-corrected chi connectivity index (χ3v) is 1.75. The Kier molecular flexibility index (Phi) is 3.08. The molecule has 72 valence electrons. The average molecular weight is 190 g/mol. The van der Waals surface area contributed by atoms with Crippen LogP contribution in [-0.2, 0) is 0 Å². The van der Waals surface area contributed by atoms with Gasteiger partial charge in [0.25, 0.3) is 5.69 Å². The van der Waals surface area contributed by atoms with Gasteiger partial charge in [-0.15, -0.1) is 0 Å². The Morgan fingerprint density at radius 2 is 1.79 bits per heavy atom. The van der Waals surface area contributed by atoms with Gasteiger partial charge in [-0.05, 0) is 12.1 Å². The van der Waals surface area contributed by atoms with Crippen LogP contribution in [0.1, 0.15) is 10.4 Å². The molecule has 0 heterocycles. The highest BCUT2D eigenvalue weighted by Crippen LogP contribution is 2.38. The second-order valence-corrected chi connectivity index (χ2v) is 2.50. The van der Waals surface area contributed by atoms with Gasteiger partial charge in [0.1, 0.15) is 17.8 Å². The molecule has 0 radical (unpaired) electrons. The number of ether oxygens (including phenoxy) is 2. The van der Waals surface area contributed by atoms with Crippen LogP contribution in [0, 0.1) is 6.57 Å². The molecule has 0 saturated carbocycles. The number of aldehydes is 1. The summed E-state index contributed by atoms with van der Waals surface area (Å²) >= 11 is 0. The molecule has 0 spiro atoms. The molecule has 4 nitrogen and oxygen atoms in total. The molecule has 0 unspecified atom stereocenters. The number of methoxy groups -OCH3 is 2. The van der Waals surface area contributed by atoms with Gasteiger partial charge in [-0.2, -0.15) is 0 Å². The van der Waals surface area contributed by atoms with E-state index in [9.17, 15) is 4.79 Å². The van der Waals surface area contributed by atoms with Crippen molar-refractivity contribution in [1.82, 2.24) is 0 Å². The van der Waals surface area contributed by atoms with Crippen LogP contribution in [-0.4, -0.2) is 20.5 Å². The Balaban J connectivity index is 3.41. The molecule has 0 saturated heterocycles. The van der Waals surface area contributed by atoms with Crippen molar-refractivity contribution in [1.29, 1.82) is 0 Å². The Hall–Kier alpha value is -2.02. The van der Waals surface area contributed by atoms with E-state index < -0.39 is 0 Å². The van der Waals surface area contributed by atoms with Crippen molar-refractivity contribution < 1.29 is 14.3 Å². The number of hydrogen-bond acceptors (Lipinski definition) is 3. The number of carbonyl (C=O) groups excluding carboxylic acids is 1. The molecule has 0 fully saturated rings. The van der Waals surface area contributed by atoms with E-state index in [4.69, 9.17) is 16.0 Å². The normalized spacial score (nSPS) is 8.93. The predicted molar refractivity (Wildman–Crippen MR) is 51.2 cm³/mol. The molecule has 1 rings (SSSR count). The maximum atomic E-state index is 10.6. The molecule has 0 bridgehead atoms. The van der Waals surface area contributed by atoms with Crippen LogP contribution in [0.5, 0.6) is 11.5 Å². The summed E-state index contributed by atoms with van der Waals surface area (Å²) in [7, 11) is 2.88. The van der Waals surface area contributed by atoms with Crippen LogP contribution in [0.3, 0.4) is 0 Å². The van der Waals surface area contributed by atoms with Gasteiger partial charge in [0.2, 0.25) is 0 Å². The van der Waals surface area contributed by atoms with Crippen LogP contribution < -0.4 is 9.47 Å². The van der Waals surface area contributed by atoms with Crippen molar-refractivity contribution >= 4 is 12.0 Å². The summed E-state index contributed by atoms with van der Waals surface area (Å²) in [5, 5.41) is 0. The Morgan fingerprint density at radius 3 is 2.07 bits per heavy atom. The minimum atomic E-state index is 0.278. The van der Waals surface area contributed by atoms with E-state index in [1.165, 1.54) is 26.4 Å². The van der Waals surface area contributed by atoms with Gasteiger partial charge in [0.15, 0.2) is 0 Å². The quantitative estimate of drug-likeness (QED) is 0.541. The van der Waals surface area contributed by atoms with E-state index in [0.29, 0.717) is 23.3 Å². The first-order chi connectivity index (χ1) is 6.76. The maximum absolute atomic E-state index is 10.6. The summed E-state index contributed by atoms with van der Waals surface area (Å²) in [6.45, 7) is 6.94. The summed E-state index contributed by atoms with van der Waals surface area (Å²) in [5.41, 5.74) is 0.701. The van der Waals surface area contributed by atoms with Crippen LogP contribution >= 0.6 is 0 Å². The van der Waals surface area contributed by atoms with E-state index in [-0.39, 0.29) is 5.69 Å². The van der Waals surface area contributed by atoms with Gasteiger partial charge in [0, 0.05) is 5.56 Å². The second kappa shape index (κ2) is 4.28. The summed E-state index contributed by atoms with van der Waals surface area (Å²) < 4.78 is 9.94. The first-order valence-electron chi connectivity index (χ1n) is 3.85. The van der Waals surface area contributed by atoms with E-state index in [2.05, 4.69) is 4.85 Å². The highest BCUT2D eigenvalue weighted by molar-refractivity contribution is 5.81. The summed E-state index contributed by atoms with van der Waals surface area (Å²) in [6, 6.07) is 3.01. The minimum absolute atomic E-state index is 0.278. The van der Waals surface area contributed by atoms with Gasteiger partial charge < -0.3 is 9.47 Å². The largest absolute Gasteiger partial charge is 0.508 e. The molecule has 0 amide bonds. The van der Waals surface area contributed by atoms with Crippen molar-refractivity contribution in [2.45, 2.75) is 0 Å². The van der Waals surface area contributed by atoms with Gasteiger partial charge >= 0.3 is 0 Å². The third kappa shape index (κ3) is 1.67. The van der Waals surface area contributed by atoms with Gasteiger partial charge in [-0.3, -0.25) is 4.79 Å². The van der Waals surface area contributed by atoms with E-state index in [0.717, 1.165) is 0 Å². The fraction of sp³-hybridized carbons (Fsp3) is 0.200. The molecular formula is C10H9NO3. The van der Waals surface area contributed by atoms with E-state index >= 15 is 0 Å². The Bertz CT molecular complexity index is 368. The fourth-order valence-corrected chi connectivity index (χ4v) is 1.09. The Labute approximate surface area is 81.9 Å². The third-order valence-electron chi connectivity index (χ3n) is 1.75. The highest BCUT2D eigenvalue weighted by atomic mass is 16.5. The standard InChI is InChI=1S/C10H9NO3/c1-11-10-8(13-2)4-7(6-12)5-9(10)14-3/h4-6H,2-3H3/i1-1. The van der Waals surface area contributed by atoms with E-state index in [1.54, 1.807) is 0 Å². The smallest absolute Gasteiger partial charge is 0.268 e. The molecule has 0 aliphatic rings. The summed E-state index contributed by atoms with van der Waals surface area (Å²) in [6.07, 6.45) is 0.679. The highest BCUT2D eigenvalue weighted by Gasteiger charge is 2.11. The first kappa shape index (κ1) is 10.1. The fourth-order valence-electron chi connectivity index (χ4n) is 1.09. The molecule has 0 aliphatic heterocycles. The molecule has 0 aliphatic carbocycles. The zero-order valence-electron chi connectivity index (χ0n) is 7.90. The molecule has 14 heavy (non-hydrogen) atoms. The maximum Gasteiger partial charge on any atom is 0.268 e. The van der Waals surface area contributed by atoms with Crippen molar-refractivity contribution in [3.63, 3.8) is 0 Å².